The predicted molar refractivity (Wildman–Crippen MR) is 64.2 cm³/mol. The minimum absolute atomic E-state index is 0.293. The van der Waals surface area contributed by atoms with Gasteiger partial charge in [-0.1, -0.05) is 0 Å². The van der Waals surface area contributed by atoms with Gasteiger partial charge in [-0.05, 0) is 46.5 Å². The summed E-state index contributed by atoms with van der Waals surface area (Å²) in [5.41, 5.74) is 6.26. The molecule has 0 radical (unpaired) electrons. The Balaban J connectivity index is 2.33. The van der Waals surface area contributed by atoms with Gasteiger partial charge in [0.15, 0.2) is 0 Å². The molecule has 2 aromatic rings. The van der Waals surface area contributed by atoms with Crippen molar-refractivity contribution in [1.82, 2.24) is 4.98 Å². The van der Waals surface area contributed by atoms with Crippen LogP contribution in [-0.2, 0) is 0 Å². The van der Waals surface area contributed by atoms with Crippen LogP contribution in [0.1, 0.15) is 0 Å². The number of hydrogen-bond donors (Lipinski definition) is 1. The number of nitrogens with two attached hydrogens (primary N) is 1. The highest BCUT2D eigenvalue weighted by Crippen LogP contribution is 2.32. The molecule has 15 heavy (non-hydrogen) atoms. The van der Waals surface area contributed by atoms with Crippen LogP contribution in [0.2, 0.25) is 0 Å². The molecule has 0 fully saturated rings. The van der Waals surface area contributed by atoms with Gasteiger partial charge in [0.25, 0.3) is 5.22 Å². The second-order valence-corrected chi connectivity index (χ2v) is 4.86. The van der Waals surface area contributed by atoms with Crippen molar-refractivity contribution in [2.45, 2.75) is 10.1 Å². The molecule has 0 unspecified atom stereocenters. The quantitative estimate of drug-likeness (QED) is 0.676. The van der Waals surface area contributed by atoms with Crippen LogP contribution in [0.15, 0.2) is 39.1 Å². The summed E-state index contributed by atoms with van der Waals surface area (Å²) < 4.78 is 18.8. The zero-order valence-electron chi connectivity index (χ0n) is 7.41. The first-order valence-electron chi connectivity index (χ1n) is 3.98. The number of oxazole rings is 1. The van der Waals surface area contributed by atoms with Gasteiger partial charge in [0.2, 0.25) is 0 Å². The third-order valence-corrected chi connectivity index (χ3v) is 3.44. The van der Waals surface area contributed by atoms with Crippen molar-refractivity contribution in [3.8, 4) is 0 Å². The Morgan fingerprint density at radius 1 is 1.47 bits per heavy atom. The van der Waals surface area contributed by atoms with Crippen LogP contribution in [0.25, 0.3) is 0 Å². The fourth-order valence-corrected chi connectivity index (χ4v) is 2.22. The van der Waals surface area contributed by atoms with E-state index in [1.165, 1.54) is 30.3 Å². The molecule has 6 heteroatoms. The summed E-state index contributed by atoms with van der Waals surface area (Å²) in [6.07, 6.45) is 2.99. The molecule has 0 amide bonds. The van der Waals surface area contributed by atoms with E-state index < -0.39 is 0 Å². The molecule has 1 aromatic carbocycles. The average Bonchev–Trinajstić information content (AvgIpc) is 2.67. The van der Waals surface area contributed by atoms with Crippen molar-refractivity contribution in [2.24, 2.45) is 0 Å². The van der Waals surface area contributed by atoms with E-state index in [-0.39, 0.29) is 5.82 Å². The van der Waals surface area contributed by atoms with Crippen molar-refractivity contribution < 1.29 is 8.81 Å². The fraction of sp³-hybridized carbons (Fsp3) is 0. The topological polar surface area (TPSA) is 52.0 Å². The Hall–Kier alpha value is -0.760. The summed E-state index contributed by atoms with van der Waals surface area (Å²) in [4.78, 5) is 4.53. The molecule has 0 aliphatic rings. The van der Waals surface area contributed by atoms with Crippen LogP contribution in [0, 0.1) is 9.39 Å². The molecular weight excluding hydrogens is 330 g/mol. The van der Waals surface area contributed by atoms with Gasteiger partial charge in [-0.25, -0.2) is 9.37 Å². The van der Waals surface area contributed by atoms with Gasteiger partial charge >= 0.3 is 0 Å². The zero-order valence-corrected chi connectivity index (χ0v) is 10.4. The average molecular weight is 336 g/mol. The second kappa shape index (κ2) is 4.40. The SMILES string of the molecule is Nc1cc(I)c(F)cc1Sc1ncco1. The molecule has 1 heterocycles. The van der Waals surface area contributed by atoms with Gasteiger partial charge in [0.1, 0.15) is 12.1 Å². The Morgan fingerprint density at radius 3 is 2.93 bits per heavy atom. The fourth-order valence-electron chi connectivity index (χ4n) is 0.987. The van der Waals surface area contributed by atoms with Gasteiger partial charge in [-0.15, -0.1) is 0 Å². The Morgan fingerprint density at radius 2 is 2.27 bits per heavy atom. The van der Waals surface area contributed by atoms with Crippen LogP contribution in [-0.4, -0.2) is 4.98 Å². The summed E-state index contributed by atoms with van der Waals surface area (Å²) in [5, 5.41) is 0.447. The van der Waals surface area contributed by atoms with E-state index in [2.05, 4.69) is 4.98 Å². The van der Waals surface area contributed by atoms with Crippen molar-refractivity contribution in [3.63, 3.8) is 0 Å². The highest BCUT2D eigenvalue weighted by molar-refractivity contribution is 14.1. The standard InChI is InChI=1S/C9H6FIN2OS/c10-5-3-8(7(12)4-6(5)11)15-9-13-1-2-14-9/h1-4H,12H2. The molecule has 0 spiro atoms. The van der Waals surface area contributed by atoms with E-state index in [4.69, 9.17) is 10.2 Å². The van der Waals surface area contributed by atoms with Crippen LogP contribution in [0.3, 0.4) is 0 Å². The molecule has 0 saturated carbocycles. The maximum Gasteiger partial charge on any atom is 0.260 e. The first-order chi connectivity index (χ1) is 7.16. The van der Waals surface area contributed by atoms with Crippen molar-refractivity contribution in [3.05, 3.63) is 34.0 Å². The van der Waals surface area contributed by atoms with Crippen LogP contribution in [0.5, 0.6) is 0 Å². The zero-order chi connectivity index (χ0) is 10.8. The summed E-state index contributed by atoms with van der Waals surface area (Å²) in [7, 11) is 0. The number of nitrogen functional groups attached to an aromatic ring is 1. The number of halogens is 2. The minimum Gasteiger partial charge on any atom is -0.440 e. The lowest BCUT2D eigenvalue weighted by atomic mass is 10.3. The van der Waals surface area contributed by atoms with Gasteiger partial charge in [0.05, 0.1) is 9.77 Å². The summed E-state index contributed by atoms with van der Waals surface area (Å²) in [6.45, 7) is 0. The first kappa shape index (κ1) is 10.7. The monoisotopic (exact) mass is 336 g/mol. The number of rotatable bonds is 2. The van der Waals surface area contributed by atoms with Gasteiger partial charge in [-0.3, -0.25) is 0 Å². The smallest absolute Gasteiger partial charge is 0.260 e. The third-order valence-electron chi connectivity index (χ3n) is 1.66. The minimum atomic E-state index is -0.293. The molecule has 0 bridgehead atoms. The molecule has 0 saturated heterocycles. The normalized spacial score (nSPS) is 10.5. The third kappa shape index (κ3) is 2.43. The second-order valence-electron chi connectivity index (χ2n) is 2.70. The highest BCUT2D eigenvalue weighted by Gasteiger charge is 2.09. The Kier molecular flexibility index (Phi) is 3.15. The van der Waals surface area contributed by atoms with E-state index in [0.29, 0.717) is 19.4 Å². The van der Waals surface area contributed by atoms with Gasteiger partial charge in [0, 0.05) is 10.6 Å². The van der Waals surface area contributed by atoms with Crippen molar-refractivity contribution in [1.29, 1.82) is 0 Å². The van der Waals surface area contributed by atoms with Crippen molar-refractivity contribution in [2.75, 3.05) is 5.73 Å². The lowest BCUT2D eigenvalue weighted by Gasteiger charge is -2.03. The molecule has 1 aromatic heterocycles. The lowest BCUT2D eigenvalue weighted by molar-refractivity contribution is 0.454. The number of anilines is 1. The molecule has 0 aliphatic carbocycles. The Labute approximate surface area is 103 Å². The van der Waals surface area contributed by atoms with E-state index in [0.717, 1.165) is 0 Å². The number of benzene rings is 1. The van der Waals surface area contributed by atoms with Crippen LogP contribution in [0.4, 0.5) is 10.1 Å². The maximum absolute atomic E-state index is 13.3. The van der Waals surface area contributed by atoms with Gasteiger partial charge < -0.3 is 10.2 Å². The number of hydrogen-bond acceptors (Lipinski definition) is 4. The summed E-state index contributed by atoms with van der Waals surface area (Å²) in [6, 6.07) is 2.97. The molecule has 2 rings (SSSR count). The lowest BCUT2D eigenvalue weighted by Crippen LogP contribution is -1.92. The summed E-state index contributed by atoms with van der Waals surface area (Å²) in [5.74, 6) is -0.293. The molecule has 2 N–H and O–H groups in total. The maximum atomic E-state index is 13.3. The van der Waals surface area contributed by atoms with Gasteiger partial charge in [-0.2, -0.15) is 0 Å². The van der Waals surface area contributed by atoms with E-state index in [1.807, 2.05) is 22.6 Å². The first-order valence-corrected chi connectivity index (χ1v) is 5.88. The molecule has 0 aliphatic heterocycles. The number of aromatic nitrogens is 1. The Bertz CT molecular complexity index is 475. The molecular formula is C9H6FIN2OS. The van der Waals surface area contributed by atoms with Crippen molar-refractivity contribution >= 4 is 40.0 Å². The van der Waals surface area contributed by atoms with E-state index >= 15 is 0 Å². The van der Waals surface area contributed by atoms with E-state index in [1.54, 1.807) is 6.07 Å². The molecule has 0 atom stereocenters. The highest BCUT2D eigenvalue weighted by atomic mass is 127. The predicted octanol–water partition coefficient (Wildman–Crippen LogP) is 3.15. The largest absolute Gasteiger partial charge is 0.440 e. The summed E-state index contributed by atoms with van der Waals surface area (Å²) >= 11 is 3.09. The van der Waals surface area contributed by atoms with E-state index in [9.17, 15) is 4.39 Å². The molecule has 3 nitrogen and oxygen atoms in total. The van der Waals surface area contributed by atoms with Crippen LogP contribution < -0.4 is 5.73 Å². The molecule has 78 valence electrons. The van der Waals surface area contributed by atoms with Crippen LogP contribution >= 0.6 is 34.4 Å². The number of nitrogens with zero attached hydrogens (tertiary/aromatic N) is 1.